The Balaban J connectivity index is 4.73. The minimum absolute atomic E-state index is 0.144. The van der Waals surface area contributed by atoms with Crippen molar-refractivity contribution in [3.8, 4) is 0 Å². The molecule has 4 heteroatoms. The molecule has 2 N–H and O–H groups in total. The molecule has 0 aromatic rings. The molecule has 68 valence electrons. The highest BCUT2D eigenvalue weighted by molar-refractivity contribution is 8.12. The smallest absolute Gasteiger partial charge is 0.102 e. The summed E-state index contributed by atoms with van der Waals surface area (Å²) >= 11 is 0. The topological polar surface area (TPSA) is 57.5 Å². The highest BCUT2D eigenvalue weighted by atomic mass is 32.3. The molecule has 0 heterocycles. The lowest BCUT2D eigenvalue weighted by molar-refractivity contribution is 0.405. The van der Waals surface area contributed by atoms with Gasteiger partial charge in [0.25, 0.3) is 0 Å². The maximum Gasteiger partial charge on any atom is 0.102 e. The summed E-state index contributed by atoms with van der Waals surface area (Å²) in [5.41, 5.74) is 0.730. The Morgan fingerprint density at radius 1 is 1.45 bits per heavy atom. The van der Waals surface area contributed by atoms with E-state index in [0.717, 1.165) is 11.0 Å². The summed E-state index contributed by atoms with van der Waals surface area (Å²) in [5, 5.41) is 1.07. The van der Waals surface area contributed by atoms with Gasteiger partial charge in [-0.15, -0.1) is 0 Å². The molecular formula is C7H16O3S. The minimum atomic E-state index is -4.40. The second kappa shape index (κ2) is 3.05. The predicted molar refractivity (Wildman–Crippen MR) is 48.0 cm³/mol. The molecule has 0 aliphatic rings. The molecule has 0 aliphatic carbocycles. The van der Waals surface area contributed by atoms with Gasteiger partial charge >= 0.3 is 0 Å². The molecule has 0 saturated carbocycles. The van der Waals surface area contributed by atoms with Gasteiger partial charge in [-0.05, 0) is 13.3 Å². The Hall–Kier alpha value is -0.190. The molecule has 0 aromatic heterocycles. The summed E-state index contributed by atoms with van der Waals surface area (Å²) in [6.45, 7) is 5.06. The molecule has 0 spiro atoms. The van der Waals surface area contributed by atoms with Gasteiger partial charge in [0.15, 0.2) is 0 Å². The molecular weight excluding hydrogens is 164 g/mol. The van der Waals surface area contributed by atoms with Gasteiger partial charge < -0.3 is 9.11 Å². The fraction of sp³-hybridized carbons (Fsp3) is 0.714. The molecule has 0 aromatic carbocycles. The lowest BCUT2D eigenvalue weighted by Gasteiger charge is -2.25. The van der Waals surface area contributed by atoms with Gasteiger partial charge in [0, 0.05) is 11.2 Å². The number of hydrogen-bond donors (Lipinski definition) is 2. The SMILES string of the molecule is CC/C(C)=C/S(=O)(O)(O)CC. The third kappa shape index (κ3) is 4.29. The molecule has 0 unspecified atom stereocenters. The van der Waals surface area contributed by atoms with E-state index in [1.165, 1.54) is 6.92 Å². The first kappa shape index (κ1) is 10.8. The van der Waals surface area contributed by atoms with Crippen LogP contribution in [0.2, 0.25) is 0 Å². The highest BCUT2D eigenvalue weighted by Crippen LogP contribution is 2.20. The van der Waals surface area contributed by atoms with Gasteiger partial charge in [-0.25, -0.2) is 4.21 Å². The highest BCUT2D eigenvalue weighted by Gasteiger charge is 2.23. The average molecular weight is 180 g/mol. The van der Waals surface area contributed by atoms with Crippen molar-refractivity contribution in [3.05, 3.63) is 11.0 Å². The van der Waals surface area contributed by atoms with Crippen molar-refractivity contribution in [1.82, 2.24) is 0 Å². The van der Waals surface area contributed by atoms with E-state index in [0.29, 0.717) is 6.42 Å². The van der Waals surface area contributed by atoms with E-state index in [2.05, 4.69) is 0 Å². The first-order chi connectivity index (χ1) is 4.78. The minimum Gasteiger partial charge on any atom is -0.305 e. The van der Waals surface area contributed by atoms with Crippen molar-refractivity contribution < 1.29 is 13.3 Å². The maximum absolute atomic E-state index is 11.2. The van der Waals surface area contributed by atoms with Gasteiger partial charge in [0.1, 0.15) is 9.63 Å². The summed E-state index contributed by atoms with van der Waals surface area (Å²) in [5.74, 6) is -0.144. The first-order valence-corrected chi connectivity index (χ1v) is 5.73. The zero-order valence-corrected chi connectivity index (χ0v) is 8.02. The average Bonchev–Trinajstić information content (AvgIpc) is 1.86. The van der Waals surface area contributed by atoms with Gasteiger partial charge in [0.2, 0.25) is 0 Å². The van der Waals surface area contributed by atoms with E-state index < -0.39 is 9.63 Å². The van der Waals surface area contributed by atoms with Crippen molar-refractivity contribution in [2.45, 2.75) is 27.2 Å². The quantitative estimate of drug-likeness (QED) is 0.699. The van der Waals surface area contributed by atoms with Crippen molar-refractivity contribution >= 4 is 9.63 Å². The number of rotatable bonds is 3. The van der Waals surface area contributed by atoms with E-state index in [1.807, 2.05) is 6.92 Å². The van der Waals surface area contributed by atoms with E-state index >= 15 is 0 Å². The van der Waals surface area contributed by atoms with Crippen molar-refractivity contribution in [3.63, 3.8) is 0 Å². The molecule has 0 atom stereocenters. The van der Waals surface area contributed by atoms with Gasteiger partial charge in [-0.3, -0.25) is 0 Å². The van der Waals surface area contributed by atoms with Crippen LogP contribution in [-0.4, -0.2) is 19.1 Å². The largest absolute Gasteiger partial charge is 0.305 e. The van der Waals surface area contributed by atoms with Crippen LogP contribution in [0.5, 0.6) is 0 Å². The first-order valence-electron chi connectivity index (χ1n) is 3.61. The monoisotopic (exact) mass is 180 g/mol. The second-order valence-electron chi connectivity index (χ2n) is 2.69. The summed E-state index contributed by atoms with van der Waals surface area (Å²) in [4.78, 5) is 0. The normalized spacial score (nSPS) is 17.5. The number of hydrogen-bond acceptors (Lipinski definition) is 1. The van der Waals surface area contributed by atoms with Crippen LogP contribution in [-0.2, 0) is 9.63 Å². The molecule has 0 amide bonds. The zero-order chi connectivity index (χ0) is 9.15. The molecule has 0 bridgehead atoms. The Labute approximate surface area is 67.6 Å². The van der Waals surface area contributed by atoms with Crippen LogP contribution in [0, 0.1) is 0 Å². The van der Waals surface area contributed by atoms with Crippen LogP contribution in [0.3, 0.4) is 0 Å². The van der Waals surface area contributed by atoms with Gasteiger partial charge in [-0.1, -0.05) is 19.4 Å². The molecule has 0 aliphatic heterocycles. The Bertz CT molecular complexity index is 224. The maximum atomic E-state index is 11.2. The van der Waals surface area contributed by atoms with Crippen molar-refractivity contribution in [2.75, 3.05) is 5.75 Å². The Morgan fingerprint density at radius 2 is 1.91 bits per heavy atom. The van der Waals surface area contributed by atoms with Crippen LogP contribution >= 0.6 is 0 Å². The third-order valence-corrected chi connectivity index (χ3v) is 3.50. The second-order valence-corrected chi connectivity index (χ2v) is 5.66. The molecule has 0 rings (SSSR count). The molecule has 3 nitrogen and oxygen atoms in total. The molecule has 11 heavy (non-hydrogen) atoms. The van der Waals surface area contributed by atoms with Gasteiger partial charge in [0.05, 0.1) is 0 Å². The Morgan fingerprint density at radius 3 is 2.18 bits per heavy atom. The summed E-state index contributed by atoms with van der Waals surface area (Å²) in [7, 11) is -4.40. The third-order valence-electron chi connectivity index (χ3n) is 1.54. The van der Waals surface area contributed by atoms with E-state index in [9.17, 15) is 4.21 Å². The summed E-state index contributed by atoms with van der Waals surface area (Å²) in [6.07, 6.45) is 0.676. The molecule has 0 fully saturated rings. The lowest BCUT2D eigenvalue weighted by Crippen LogP contribution is -2.30. The zero-order valence-electron chi connectivity index (χ0n) is 7.20. The van der Waals surface area contributed by atoms with E-state index in [-0.39, 0.29) is 5.75 Å². The van der Waals surface area contributed by atoms with Gasteiger partial charge in [-0.2, -0.15) is 0 Å². The molecule has 0 radical (unpaired) electrons. The predicted octanol–water partition coefficient (Wildman–Crippen LogP) is 2.09. The Kier molecular flexibility index (Phi) is 2.99. The lowest BCUT2D eigenvalue weighted by atomic mass is 10.3. The number of allylic oxidation sites excluding steroid dienone is 1. The summed E-state index contributed by atoms with van der Waals surface area (Å²) < 4.78 is 29.4. The van der Waals surface area contributed by atoms with Crippen LogP contribution in [0.15, 0.2) is 11.0 Å². The van der Waals surface area contributed by atoms with Crippen molar-refractivity contribution in [1.29, 1.82) is 0 Å². The van der Waals surface area contributed by atoms with Crippen LogP contribution in [0.1, 0.15) is 27.2 Å². The van der Waals surface area contributed by atoms with Crippen LogP contribution < -0.4 is 0 Å². The van der Waals surface area contributed by atoms with E-state index in [1.54, 1.807) is 6.92 Å². The van der Waals surface area contributed by atoms with Crippen LogP contribution in [0.4, 0.5) is 0 Å². The fourth-order valence-electron chi connectivity index (χ4n) is 0.571. The standard InChI is InChI=1S/C7H16O3S/c1-4-7(3)6-11(8,9,10)5-2/h6H,4-5H2,1-3H3,(H2,8,9,10)/b7-6+. The molecule has 0 saturated heterocycles. The van der Waals surface area contributed by atoms with Crippen molar-refractivity contribution in [2.24, 2.45) is 0 Å². The summed E-state index contributed by atoms with van der Waals surface area (Å²) in [6, 6.07) is 0. The van der Waals surface area contributed by atoms with Crippen LogP contribution in [0.25, 0.3) is 0 Å². The fourth-order valence-corrected chi connectivity index (χ4v) is 1.71. The van der Waals surface area contributed by atoms with E-state index in [4.69, 9.17) is 9.11 Å².